The molecule has 148 valence electrons. The molecule has 0 radical (unpaired) electrons. The lowest BCUT2D eigenvalue weighted by atomic mass is 9.92. The molecule has 1 aromatic heterocycles. The Balaban J connectivity index is 1.40. The molecule has 0 spiro atoms. The van der Waals surface area contributed by atoms with Gasteiger partial charge in [0.15, 0.2) is 0 Å². The van der Waals surface area contributed by atoms with Gasteiger partial charge in [-0.3, -0.25) is 4.79 Å². The highest BCUT2D eigenvalue weighted by atomic mass is 32.2. The third-order valence-electron chi connectivity index (χ3n) is 5.44. The number of amides is 1. The highest BCUT2D eigenvalue weighted by molar-refractivity contribution is 7.89. The second kappa shape index (κ2) is 8.19. The van der Waals surface area contributed by atoms with E-state index in [4.69, 9.17) is 0 Å². The normalized spacial score (nSPS) is 18.4. The fourth-order valence-corrected chi connectivity index (χ4v) is 5.90. The molecule has 0 bridgehead atoms. The van der Waals surface area contributed by atoms with E-state index in [1.807, 2.05) is 35.7 Å². The van der Waals surface area contributed by atoms with Crippen LogP contribution in [0.2, 0.25) is 0 Å². The van der Waals surface area contributed by atoms with Crippen LogP contribution < -0.4 is 0 Å². The van der Waals surface area contributed by atoms with Crippen LogP contribution in [-0.2, 0) is 27.7 Å². The minimum atomic E-state index is -3.51. The number of fused-ring (bicyclic) bond motifs is 1. The van der Waals surface area contributed by atoms with E-state index in [0.717, 1.165) is 24.1 Å². The van der Waals surface area contributed by atoms with Crippen LogP contribution >= 0.6 is 11.3 Å². The van der Waals surface area contributed by atoms with Crippen molar-refractivity contribution >= 4 is 33.3 Å². The second-order valence-electron chi connectivity index (χ2n) is 7.22. The Bertz CT molecular complexity index is 973. The van der Waals surface area contributed by atoms with E-state index in [0.29, 0.717) is 31.1 Å². The predicted molar refractivity (Wildman–Crippen MR) is 112 cm³/mol. The Morgan fingerprint density at radius 3 is 2.46 bits per heavy atom. The van der Waals surface area contributed by atoms with Crippen molar-refractivity contribution in [3.05, 3.63) is 57.8 Å². The molecule has 7 heteroatoms. The molecule has 1 aliphatic heterocycles. The maximum absolute atomic E-state index is 13.0. The van der Waals surface area contributed by atoms with Crippen LogP contribution in [-0.4, -0.2) is 49.7 Å². The average Bonchev–Trinajstić information content (AvgIpc) is 3.25. The van der Waals surface area contributed by atoms with E-state index in [1.165, 1.54) is 21.9 Å². The number of aryl methyl sites for hydroxylation is 2. The number of carbonyl (C=O) groups is 1. The number of carbonyl (C=O) groups excluding carboxylic acids is 1. The van der Waals surface area contributed by atoms with Crippen LogP contribution in [0.4, 0.5) is 0 Å². The molecule has 2 aliphatic rings. The van der Waals surface area contributed by atoms with Gasteiger partial charge in [0.2, 0.25) is 15.9 Å². The van der Waals surface area contributed by atoms with Gasteiger partial charge < -0.3 is 4.90 Å². The van der Waals surface area contributed by atoms with Gasteiger partial charge in [-0.1, -0.05) is 12.1 Å². The van der Waals surface area contributed by atoms with Gasteiger partial charge in [0, 0.05) is 37.1 Å². The largest absolute Gasteiger partial charge is 0.337 e. The van der Waals surface area contributed by atoms with Crippen molar-refractivity contribution in [1.82, 2.24) is 9.21 Å². The molecule has 4 rings (SSSR count). The first kappa shape index (κ1) is 19.4. The van der Waals surface area contributed by atoms with E-state index in [9.17, 15) is 13.2 Å². The molecule has 0 saturated carbocycles. The molecule has 1 aliphatic carbocycles. The molecule has 28 heavy (non-hydrogen) atoms. The number of hydrogen-bond donors (Lipinski definition) is 0. The highest BCUT2D eigenvalue weighted by Gasteiger charge is 2.30. The maximum atomic E-state index is 13.0. The molecule has 0 N–H and O–H groups in total. The molecular weight excluding hydrogens is 392 g/mol. The molecule has 1 fully saturated rings. The van der Waals surface area contributed by atoms with Crippen molar-refractivity contribution in [2.24, 2.45) is 0 Å². The average molecular weight is 417 g/mol. The summed E-state index contributed by atoms with van der Waals surface area (Å²) in [6.45, 7) is 1.49. The minimum Gasteiger partial charge on any atom is -0.337 e. The zero-order valence-electron chi connectivity index (χ0n) is 15.7. The molecule has 1 aromatic carbocycles. The monoisotopic (exact) mass is 416 g/mol. The summed E-state index contributed by atoms with van der Waals surface area (Å²) in [7, 11) is -3.51. The Kier molecular flexibility index (Phi) is 5.66. The summed E-state index contributed by atoms with van der Waals surface area (Å²) in [5.41, 5.74) is 2.44. The lowest BCUT2D eigenvalue weighted by molar-refractivity contribution is -0.127. The van der Waals surface area contributed by atoms with Crippen molar-refractivity contribution in [2.45, 2.75) is 30.6 Å². The summed E-state index contributed by atoms with van der Waals surface area (Å²) >= 11 is 1.58. The minimum absolute atomic E-state index is 0.0702. The van der Waals surface area contributed by atoms with Crippen LogP contribution in [0, 0.1) is 0 Å². The molecular formula is C21H24N2O3S2. The van der Waals surface area contributed by atoms with Crippen molar-refractivity contribution < 1.29 is 13.2 Å². The van der Waals surface area contributed by atoms with Gasteiger partial charge in [-0.2, -0.15) is 4.31 Å². The van der Waals surface area contributed by atoms with Crippen molar-refractivity contribution in [3.63, 3.8) is 0 Å². The van der Waals surface area contributed by atoms with Gasteiger partial charge in [0.05, 0.1) is 4.90 Å². The number of benzene rings is 1. The van der Waals surface area contributed by atoms with E-state index in [-0.39, 0.29) is 5.91 Å². The Morgan fingerprint density at radius 1 is 1.00 bits per heavy atom. The first-order chi connectivity index (χ1) is 13.5. The number of hydrogen-bond acceptors (Lipinski definition) is 4. The lowest BCUT2D eigenvalue weighted by Gasteiger charge is -2.33. The van der Waals surface area contributed by atoms with Crippen LogP contribution in [0.15, 0.2) is 46.7 Å². The topological polar surface area (TPSA) is 57.7 Å². The molecule has 0 unspecified atom stereocenters. The quantitative estimate of drug-likeness (QED) is 0.720. The van der Waals surface area contributed by atoms with Crippen molar-refractivity contribution in [3.8, 4) is 0 Å². The van der Waals surface area contributed by atoms with Gasteiger partial charge in [-0.15, -0.1) is 11.3 Å². The third kappa shape index (κ3) is 4.06. The maximum Gasteiger partial charge on any atom is 0.246 e. The molecule has 2 heterocycles. The highest BCUT2D eigenvalue weighted by Crippen LogP contribution is 2.26. The molecule has 1 saturated heterocycles. The molecule has 0 atom stereocenters. The van der Waals surface area contributed by atoms with E-state index >= 15 is 0 Å². The van der Waals surface area contributed by atoms with Gasteiger partial charge >= 0.3 is 0 Å². The second-order valence-corrected chi connectivity index (χ2v) is 10.1. The standard InChI is InChI=1S/C21H24N2O3S2/c24-21(10-8-19-6-3-15-27-19)22-11-13-23(14-12-22)28(25,26)20-9-7-17-4-1-2-5-18(17)16-20/h3,6-10,15-16H,1-2,4-5,11-14H2/b10-8+. The van der Waals surface area contributed by atoms with Gasteiger partial charge in [-0.25, -0.2) is 8.42 Å². The predicted octanol–water partition coefficient (Wildman–Crippen LogP) is 3.17. The number of sulfonamides is 1. The summed E-state index contributed by atoms with van der Waals surface area (Å²) in [5.74, 6) is -0.0702. The van der Waals surface area contributed by atoms with E-state index < -0.39 is 10.0 Å². The van der Waals surface area contributed by atoms with Crippen LogP contribution in [0.5, 0.6) is 0 Å². The Morgan fingerprint density at radius 2 is 1.75 bits per heavy atom. The zero-order chi connectivity index (χ0) is 19.6. The zero-order valence-corrected chi connectivity index (χ0v) is 17.3. The van der Waals surface area contributed by atoms with Gasteiger partial charge in [-0.05, 0) is 66.5 Å². The van der Waals surface area contributed by atoms with E-state index in [2.05, 4.69) is 0 Å². The van der Waals surface area contributed by atoms with Crippen LogP contribution in [0.25, 0.3) is 6.08 Å². The first-order valence-corrected chi connectivity index (χ1v) is 12.0. The summed E-state index contributed by atoms with van der Waals surface area (Å²) in [6.07, 6.45) is 7.67. The van der Waals surface area contributed by atoms with Crippen LogP contribution in [0.3, 0.4) is 0 Å². The number of piperazine rings is 1. The lowest BCUT2D eigenvalue weighted by Crippen LogP contribution is -2.50. The molecule has 2 aromatic rings. The molecule has 5 nitrogen and oxygen atoms in total. The Labute approximate surface area is 170 Å². The van der Waals surface area contributed by atoms with Gasteiger partial charge in [0.1, 0.15) is 0 Å². The fourth-order valence-electron chi connectivity index (χ4n) is 3.81. The number of thiophene rings is 1. The SMILES string of the molecule is O=C(/C=C/c1cccs1)N1CCN(S(=O)(=O)c2ccc3c(c2)CCCC3)CC1. The van der Waals surface area contributed by atoms with Gasteiger partial charge in [0.25, 0.3) is 0 Å². The summed E-state index contributed by atoms with van der Waals surface area (Å²) < 4.78 is 27.6. The first-order valence-electron chi connectivity index (χ1n) is 9.66. The fraction of sp³-hybridized carbons (Fsp3) is 0.381. The number of rotatable bonds is 4. The summed E-state index contributed by atoms with van der Waals surface area (Å²) in [4.78, 5) is 15.5. The smallest absolute Gasteiger partial charge is 0.246 e. The third-order valence-corrected chi connectivity index (χ3v) is 8.17. The summed E-state index contributed by atoms with van der Waals surface area (Å²) in [5, 5.41) is 1.97. The van der Waals surface area contributed by atoms with Crippen molar-refractivity contribution in [1.29, 1.82) is 0 Å². The Hall–Kier alpha value is -1.96. The van der Waals surface area contributed by atoms with Crippen LogP contribution in [0.1, 0.15) is 28.8 Å². The number of nitrogens with zero attached hydrogens (tertiary/aromatic N) is 2. The van der Waals surface area contributed by atoms with Crippen molar-refractivity contribution in [2.75, 3.05) is 26.2 Å². The van der Waals surface area contributed by atoms with E-state index in [1.54, 1.807) is 28.4 Å². The molecule has 1 amide bonds. The summed E-state index contributed by atoms with van der Waals surface area (Å²) in [6, 6.07) is 9.46.